The van der Waals surface area contributed by atoms with E-state index in [9.17, 15) is 0 Å². The summed E-state index contributed by atoms with van der Waals surface area (Å²) in [6.07, 6.45) is 0.824. The van der Waals surface area contributed by atoms with Crippen molar-refractivity contribution in [1.29, 1.82) is 0 Å². The van der Waals surface area contributed by atoms with Gasteiger partial charge in [-0.05, 0) is 48.0 Å². The Morgan fingerprint density at radius 3 is 2.20 bits per heavy atom. The fourth-order valence-electron chi connectivity index (χ4n) is 2.49. The van der Waals surface area contributed by atoms with E-state index in [1.165, 1.54) is 5.56 Å². The van der Waals surface area contributed by atoms with Crippen molar-refractivity contribution in [3.05, 3.63) is 94.0 Å². The Kier molecular flexibility index (Phi) is 5.92. The first-order valence-electron chi connectivity index (χ1n) is 7.77. The second-order valence-electron chi connectivity index (χ2n) is 5.50. The van der Waals surface area contributed by atoms with Crippen LogP contribution in [0.25, 0.3) is 0 Å². The summed E-state index contributed by atoms with van der Waals surface area (Å²) in [6.45, 7) is 0. The van der Waals surface area contributed by atoms with Crippen molar-refractivity contribution >= 4 is 51.9 Å². The second kappa shape index (κ2) is 8.34. The maximum absolute atomic E-state index is 6.20. The van der Waals surface area contributed by atoms with Crippen LogP contribution in [0.4, 0.5) is 11.4 Å². The Hall–Kier alpha value is -2.07. The van der Waals surface area contributed by atoms with E-state index >= 15 is 0 Å². The minimum atomic E-state index is 0.450. The van der Waals surface area contributed by atoms with Crippen molar-refractivity contribution < 1.29 is 0 Å². The summed E-state index contributed by atoms with van der Waals surface area (Å²) in [4.78, 5) is 0. The lowest BCUT2D eigenvalue weighted by molar-refractivity contribution is 1.19. The van der Waals surface area contributed by atoms with Crippen molar-refractivity contribution in [2.24, 2.45) is 0 Å². The van der Waals surface area contributed by atoms with Crippen LogP contribution in [0, 0.1) is 0 Å². The van der Waals surface area contributed by atoms with Gasteiger partial charge in [0.15, 0.2) is 5.11 Å². The second-order valence-corrected chi connectivity index (χ2v) is 6.69. The molecule has 0 heterocycles. The molecule has 0 aliphatic rings. The van der Waals surface area contributed by atoms with E-state index < -0.39 is 0 Å². The number of thiocarbonyl (C=S) groups is 1. The molecule has 0 atom stereocenters. The molecule has 3 aromatic carbocycles. The maximum Gasteiger partial charge on any atom is 0.175 e. The zero-order valence-corrected chi connectivity index (χ0v) is 15.6. The third kappa shape index (κ3) is 4.73. The first kappa shape index (κ1) is 17.7. The number of rotatable bonds is 4. The van der Waals surface area contributed by atoms with E-state index in [0.717, 1.165) is 17.7 Å². The molecule has 2 nitrogen and oxygen atoms in total. The average molecular weight is 387 g/mol. The third-order valence-electron chi connectivity index (χ3n) is 3.70. The Bertz CT molecular complexity index is 882. The normalized spacial score (nSPS) is 10.3. The van der Waals surface area contributed by atoms with Crippen molar-refractivity contribution in [3.63, 3.8) is 0 Å². The molecule has 2 N–H and O–H groups in total. The fraction of sp³-hybridized carbons (Fsp3) is 0.0500. The minimum Gasteiger partial charge on any atom is -0.332 e. The van der Waals surface area contributed by atoms with E-state index in [4.69, 9.17) is 35.4 Å². The average Bonchev–Trinajstić information content (AvgIpc) is 2.62. The molecular formula is C20H16Cl2N2S. The number of halogens is 2. The molecule has 0 amide bonds. The van der Waals surface area contributed by atoms with Crippen LogP contribution in [0.5, 0.6) is 0 Å². The maximum atomic E-state index is 6.20. The molecule has 126 valence electrons. The van der Waals surface area contributed by atoms with Crippen molar-refractivity contribution in [2.75, 3.05) is 10.6 Å². The highest BCUT2D eigenvalue weighted by atomic mass is 35.5. The highest BCUT2D eigenvalue weighted by Gasteiger charge is 2.08. The van der Waals surface area contributed by atoms with Crippen molar-refractivity contribution in [1.82, 2.24) is 0 Å². The molecule has 3 aromatic rings. The lowest BCUT2D eigenvalue weighted by Gasteiger charge is -2.15. The summed E-state index contributed by atoms with van der Waals surface area (Å²) < 4.78 is 0. The molecule has 5 heteroatoms. The van der Waals surface area contributed by atoms with Gasteiger partial charge in [-0.15, -0.1) is 0 Å². The lowest BCUT2D eigenvalue weighted by Crippen LogP contribution is -2.20. The molecular weight excluding hydrogens is 371 g/mol. The third-order valence-corrected chi connectivity index (χ3v) is 4.73. The molecule has 0 spiro atoms. The summed E-state index contributed by atoms with van der Waals surface area (Å²) in [5, 5.41) is 7.74. The molecule has 0 fully saturated rings. The predicted octanol–water partition coefficient (Wildman–Crippen LogP) is 6.39. The number of anilines is 2. The zero-order valence-electron chi connectivity index (χ0n) is 13.3. The van der Waals surface area contributed by atoms with Gasteiger partial charge in [0, 0.05) is 5.69 Å². The first-order valence-corrected chi connectivity index (χ1v) is 8.94. The minimum absolute atomic E-state index is 0.450. The molecule has 0 unspecified atom stereocenters. The number of benzene rings is 3. The monoisotopic (exact) mass is 386 g/mol. The highest BCUT2D eigenvalue weighted by molar-refractivity contribution is 7.80. The zero-order chi connectivity index (χ0) is 17.6. The Morgan fingerprint density at radius 1 is 0.760 bits per heavy atom. The highest BCUT2D eigenvalue weighted by Crippen LogP contribution is 2.29. The SMILES string of the molecule is S=C(Nc1ccccc1Cc1ccccc1)Nc1cccc(Cl)c1Cl. The lowest BCUT2D eigenvalue weighted by atomic mass is 10.0. The van der Waals surface area contributed by atoms with Crippen molar-refractivity contribution in [3.8, 4) is 0 Å². The van der Waals surface area contributed by atoms with Crippen LogP contribution in [0.1, 0.15) is 11.1 Å². The fourth-order valence-corrected chi connectivity index (χ4v) is 3.06. The van der Waals surface area contributed by atoms with E-state index in [-0.39, 0.29) is 0 Å². The van der Waals surface area contributed by atoms with E-state index in [1.807, 2.05) is 48.5 Å². The molecule has 0 aromatic heterocycles. The smallest absolute Gasteiger partial charge is 0.175 e. The van der Waals surface area contributed by atoms with Crippen molar-refractivity contribution in [2.45, 2.75) is 6.42 Å². The summed E-state index contributed by atoms with van der Waals surface area (Å²) in [7, 11) is 0. The molecule has 0 radical (unpaired) electrons. The molecule has 3 rings (SSSR count). The Morgan fingerprint density at radius 2 is 1.40 bits per heavy atom. The number of hydrogen-bond acceptors (Lipinski definition) is 1. The van der Waals surface area contributed by atoms with Gasteiger partial charge in [-0.2, -0.15) is 0 Å². The number of hydrogen-bond donors (Lipinski definition) is 2. The van der Waals surface area contributed by atoms with Crippen LogP contribution >= 0.6 is 35.4 Å². The van der Waals surface area contributed by atoms with Gasteiger partial charge in [0.1, 0.15) is 0 Å². The first-order chi connectivity index (χ1) is 12.1. The number of nitrogens with one attached hydrogen (secondary N) is 2. The number of para-hydroxylation sites is 1. The summed E-state index contributed by atoms with van der Waals surface area (Å²) in [6, 6.07) is 23.8. The Balaban J connectivity index is 1.74. The van der Waals surface area contributed by atoms with Gasteiger partial charge in [-0.1, -0.05) is 77.8 Å². The molecule has 0 aliphatic heterocycles. The van der Waals surface area contributed by atoms with Gasteiger partial charge < -0.3 is 10.6 Å². The van der Waals surface area contributed by atoms with E-state index in [1.54, 1.807) is 6.07 Å². The summed E-state index contributed by atoms with van der Waals surface area (Å²) in [5.74, 6) is 0. The molecule has 0 bridgehead atoms. The van der Waals surface area contributed by atoms with Crippen LogP contribution < -0.4 is 10.6 Å². The molecule has 0 aliphatic carbocycles. The molecule has 0 saturated heterocycles. The van der Waals surface area contributed by atoms with Gasteiger partial charge in [-0.25, -0.2) is 0 Å². The summed E-state index contributed by atoms with van der Waals surface area (Å²) >= 11 is 17.7. The van der Waals surface area contributed by atoms with Gasteiger partial charge in [0.05, 0.1) is 15.7 Å². The van der Waals surface area contributed by atoms with Gasteiger partial charge in [0.2, 0.25) is 0 Å². The quantitative estimate of drug-likeness (QED) is 0.507. The standard InChI is InChI=1S/C20H16Cl2N2S/c21-16-10-6-12-18(19(16)22)24-20(25)23-17-11-5-4-9-15(17)13-14-7-2-1-3-8-14/h1-12H,13H2,(H2,23,24,25). The van der Waals surface area contributed by atoms with Crippen LogP contribution in [0.15, 0.2) is 72.8 Å². The molecule has 25 heavy (non-hydrogen) atoms. The topological polar surface area (TPSA) is 24.1 Å². The van der Waals surface area contributed by atoms with Crippen LogP contribution in [-0.2, 0) is 6.42 Å². The van der Waals surface area contributed by atoms with E-state index in [2.05, 4.69) is 28.8 Å². The molecule has 0 saturated carbocycles. The largest absolute Gasteiger partial charge is 0.332 e. The van der Waals surface area contributed by atoms with Crippen LogP contribution in [-0.4, -0.2) is 5.11 Å². The summed E-state index contributed by atoms with van der Waals surface area (Å²) in [5.41, 5.74) is 4.04. The van der Waals surface area contributed by atoms with Gasteiger partial charge >= 0.3 is 0 Å². The predicted molar refractivity (Wildman–Crippen MR) is 112 cm³/mol. The Labute approximate surface area is 162 Å². The van der Waals surface area contributed by atoms with Crippen LogP contribution in [0.2, 0.25) is 10.0 Å². The van der Waals surface area contributed by atoms with Gasteiger partial charge in [0.25, 0.3) is 0 Å². The van der Waals surface area contributed by atoms with E-state index in [0.29, 0.717) is 20.8 Å². The van der Waals surface area contributed by atoms with Crippen LogP contribution in [0.3, 0.4) is 0 Å². The van der Waals surface area contributed by atoms with Gasteiger partial charge in [-0.3, -0.25) is 0 Å².